The molecule has 11 heavy (non-hydrogen) atoms. The standard InChI is InChI=1S/C9H4O2/c10-9-6-5-7-3-1-2-4-8(7)11-9/h1-4H. The molecule has 1 aromatic carbocycles. The maximum absolute atomic E-state index is 10.6. The predicted octanol–water partition coefficient (Wildman–Crippen LogP) is 1.39. The van der Waals surface area contributed by atoms with Gasteiger partial charge in [-0.3, -0.25) is 0 Å². The molecule has 0 saturated carbocycles. The number of hydrogen-bond donors (Lipinski definition) is 0. The molecule has 2 rings (SSSR count). The van der Waals surface area contributed by atoms with Gasteiger partial charge < -0.3 is 4.42 Å². The number of para-hydroxylation sites is 1. The van der Waals surface area contributed by atoms with E-state index in [9.17, 15) is 4.79 Å². The summed E-state index contributed by atoms with van der Waals surface area (Å²) in [4.78, 5) is 10.6. The second-order valence-electron chi connectivity index (χ2n) is 2.14. The summed E-state index contributed by atoms with van der Waals surface area (Å²) in [5.74, 6) is 0. The number of rotatable bonds is 0. The van der Waals surface area contributed by atoms with Gasteiger partial charge in [0.15, 0.2) is 0 Å². The maximum Gasteiger partial charge on any atom is 0.345 e. The van der Waals surface area contributed by atoms with Gasteiger partial charge in [0.2, 0.25) is 0 Å². The molecule has 0 aliphatic rings. The zero-order valence-electron chi connectivity index (χ0n) is 5.63. The number of hydrogen-bond acceptors (Lipinski definition) is 2. The van der Waals surface area contributed by atoms with Gasteiger partial charge in [0, 0.05) is 11.5 Å². The van der Waals surface area contributed by atoms with Crippen LogP contribution in [0.1, 0.15) is 0 Å². The van der Waals surface area contributed by atoms with E-state index in [1.165, 1.54) is 0 Å². The molecular formula is C9H4O2. The lowest BCUT2D eigenvalue weighted by molar-refractivity contribution is 0.559. The molecule has 2 nitrogen and oxygen atoms in total. The molecule has 0 spiro atoms. The summed E-state index contributed by atoms with van der Waals surface area (Å²) < 4.78 is 4.82. The molecule has 0 aliphatic carbocycles. The molecule has 0 fully saturated rings. The second kappa shape index (κ2) is 2.23. The van der Waals surface area contributed by atoms with Crippen LogP contribution < -0.4 is 5.63 Å². The van der Waals surface area contributed by atoms with E-state index in [-0.39, 0.29) is 0 Å². The Kier molecular flexibility index (Phi) is 1.25. The van der Waals surface area contributed by atoms with Crippen molar-refractivity contribution < 1.29 is 4.42 Å². The van der Waals surface area contributed by atoms with Gasteiger partial charge in [-0.25, -0.2) is 4.79 Å². The maximum atomic E-state index is 10.6. The summed E-state index contributed by atoms with van der Waals surface area (Å²) in [5, 5.41) is 0.770. The average Bonchev–Trinajstić information content (AvgIpc) is 2.04. The third-order valence-corrected chi connectivity index (χ3v) is 1.39. The van der Waals surface area contributed by atoms with Gasteiger partial charge in [0.25, 0.3) is 0 Å². The third-order valence-electron chi connectivity index (χ3n) is 1.39. The molecule has 2 radical (unpaired) electrons. The fraction of sp³-hybridized carbons (Fsp3) is 0. The van der Waals surface area contributed by atoms with Gasteiger partial charge in [-0.1, -0.05) is 18.2 Å². The van der Waals surface area contributed by atoms with Crippen LogP contribution in [0.15, 0.2) is 33.5 Å². The first-order chi connectivity index (χ1) is 5.36. The molecule has 1 aromatic heterocycles. The van der Waals surface area contributed by atoms with Gasteiger partial charge in [-0.05, 0) is 6.07 Å². The minimum atomic E-state index is -0.483. The van der Waals surface area contributed by atoms with Crippen molar-refractivity contribution in [1.29, 1.82) is 0 Å². The highest BCUT2D eigenvalue weighted by Gasteiger charge is 1.93. The highest BCUT2D eigenvalue weighted by atomic mass is 16.4. The predicted molar refractivity (Wildman–Crippen MR) is 40.2 cm³/mol. The molecule has 2 heteroatoms. The Morgan fingerprint density at radius 2 is 2.00 bits per heavy atom. The lowest BCUT2D eigenvalue weighted by atomic mass is 10.2. The zero-order valence-corrected chi connectivity index (χ0v) is 5.63. The van der Waals surface area contributed by atoms with Crippen molar-refractivity contribution in [3.05, 3.63) is 46.8 Å². The fourth-order valence-electron chi connectivity index (χ4n) is 0.903. The SMILES string of the molecule is O=c1[c][c]c2ccccc2o1. The number of fused-ring (bicyclic) bond motifs is 1. The smallest absolute Gasteiger partial charge is 0.345 e. The highest BCUT2D eigenvalue weighted by Crippen LogP contribution is 2.08. The van der Waals surface area contributed by atoms with E-state index >= 15 is 0 Å². The monoisotopic (exact) mass is 144 g/mol. The van der Waals surface area contributed by atoms with Crippen LogP contribution in [-0.4, -0.2) is 0 Å². The van der Waals surface area contributed by atoms with E-state index in [4.69, 9.17) is 4.42 Å². The molecule has 52 valence electrons. The summed E-state index contributed by atoms with van der Waals surface area (Å²) in [6.07, 6.45) is 0. The largest absolute Gasteiger partial charge is 0.422 e. The van der Waals surface area contributed by atoms with Crippen molar-refractivity contribution in [2.45, 2.75) is 0 Å². The summed E-state index contributed by atoms with van der Waals surface area (Å²) in [5.41, 5.74) is 0.0694. The molecule has 0 N–H and O–H groups in total. The van der Waals surface area contributed by atoms with E-state index in [0.717, 1.165) is 5.39 Å². The molecule has 2 aromatic rings. The summed E-state index contributed by atoms with van der Waals surface area (Å²) >= 11 is 0. The molecule has 0 bridgehead atoms. The summed E-state index contributed by atoms with van der Waals surface area (Å²) in [7, 11) is 0. The lowest BCUT2D eigenvalue weighted by Gasteiger charge is -1.90. The first kappa shape index (κ1) is 6.16. The van der Waals surface area contributed by atoms with E-state index in [1.54, 1.807) is 12.1 Å². The first-order valence-electron chi connectivity index (χ1n) is 3.19. The molecule has 0 amide bonds. The molecule has 1 heterocycles. The average molecular weight is 144 g/mol. The van der Waals surface area contributed by atoms with Crippen molar-refractivity contribution in [2.24, 2.45) is 0 Å². The Morgan fingerprint density at radius 1 is 1.18 bits per heavy atom. The van der Waals surface area contributed by atoms with Crippen LogP contribution in [0.3, 0.4) is 0 Å². The van der Waals surface area contributed by atoms with E-state index < -0.39 is 5.63 Å². The normalized spacial score (nSPS) is 10.2. The van der Waals surface area contributed by atoms with Crippen LogP contribution in [0.4, 0.5) is 0 Å². The lowest BCUT2D eigenvalue weighted by Crippen LogP contribution is -1.94. The Labute approximate surface area is 63.1 Å². The summed E-state index contributed by atoms with van der Waals surface area (Å²) in [6.45, 7) is 0. The Hall–Kier alpha value is -1.57. The van der Waals surface area contributed by atoms with E-state index in [1.807, 2.05) is 12.1 Å². The number of benzene rings is 1. The van der Waals surface area contributed by atoms with Gasteiger partial charge in [0.05, 0.1) is 6.07 Å². The molecule has 0 atom stereocenters. The first-order valence-corrected chi connectivity index (χ1v) is 3.19. The van der Waals surface area contributed by atoms with E-state index in [2.05, 4.69) is 12.1 Å². The molecule has 0 saturated heterocycles. The van der Waals surface area contributed by atoms with Crippen LogP contribution in [0, 0.1) is 12.1 Å². The van der Waals surface area contributed by atoms with Crippen molar-refractivity contribution in [3.8, 4) is 0 Å². The third kappa shape index (κ3) is 1.03. The highest BCUT2D eigenvalue weighted by molar-refractivity contribution is 5.74. The van der Waals surface area contributed by atoms with Gasteiger partial charge >= 0.3 is 5.63 Å². The zero-order chi connectivity index (χ0) is 7.68. The Balaban J connectivity index is 2.94. The second-order valence-corrected chi connectivity index (χ2v) is 2.14. The minimum Gasteiger partial charge on any atom is -0.422 e. The van der Waals surface area contributed by atoms with Crippen LogP contribution in [0.2, 0.25) is 0 Å². The Morgan fingerprint density at radius 3 is 2.91 bits per heavy atom. The topological polar surface area (TPSA) is 30.2 Å². The van der Waals surface area contributed by atoms with Crippen LogP contribution in [0.25, 0.3) is 11.0 Å². The minimum absolute atomic E-state index is 0.483. The van der Waals surface area contributed by atoms with Gasteiger partial charge in [-0.2, -0.15) is 0 Å². The van der Waals surface area contributed by atoms with Crippen molar-refractivity contribution >= 4 is 11.0 Å². The van der Waals surface area contributed by atoms with Gasteiger partial charge in [-0.15, -0.1) is 0 Å². The fourth-order valence-corrected chi connectivity index (χ4v) is 0.903. The Bertz CT molecular complexity index is 429. The van der Waals surface area contributed by atoms with Gasteiger partial charge in [0.1, 0.15) is 5.58 Å². The molecular weight excluding hydrogens is 140 g/mol. The molecule has 0 aliphatic heterocycles. The molecule has 0 unspecified atom stereocenters. The van der Waals surface area contributed by atoms with Crippen molar-refractivity contribution in [2.75, 3.05) is 0 Å². The quantitative estimate of drug-likeness (QED) is 0.523. The van der Waals surface area contributed by atoms with Crippen LogP contribution in [0.5, 0.6) is 0 Å². The van der Waals surface area contributed by atoms with Crippen LogP contribution >= 0.6 is 0 Å². The van der Waals surface area contributed by atoms with Crippen molar-refractivity contribution in [3.63, 3.8) is 0 Å². The van der Waals surface area contributed by atoms with Crippen LogP contribution in [-0.2, 0) is 0 Å². The van der Waals surface area contributed by atoms with E-state index in [0.29, 0.717) is 5.58 Å². The summed E-state index contributed by atoms with van der Waals surface area (Å²) in [6, 6.07) is 12.2. The van der Waals surface area contributed by atoms with Crippen molar-refractivity contribution in [1.82, 2.24) is 0 Å².